The minimum atomic E-state index is -3.74. The van der Waals surface area contributed by atoms with E-state index in [1.54, 1.807) is 6.92 Å². The lowest BCUT2D eigenvalue weighted by Gasteiger charge is -2.30. The van der Waals surface area contributed by atoms with E-state index in [1.165, 1.54) is 16.4 Å². The molecule has 33 heavy (non-hydrogen) atoms. The van der Waals surface area contributed by atoms with Crippen molar-refractivity contribution in [2.75, 3.05) is 13.1 Å². The van der Waals surface area contributed by atoms with Gasteiger partial charge in [0.05, 0.1) is 10.8 Å². The molecule has 1 aromatic heterocycles. The molecule has 1 aliphatic heterocycles. The normalized spacial score (nSPS) is 16.5. The molecule has 0 bridgehead atoms. The Morgan fingerprint density at radius 1 is 1.09 bits per heavy atom. The number of aromatic nitrogens is 2. The summed E-state index contributed by atoms with van der Waals surface area (Å²) in [6.45, 7) is 3.98. The zero-order valence-corrected chi connectivity index (χ0v) is 19.1. The summed E-state index contributed by atoms with van der Waals surface area (Å²) in [5.41, 5.74) is 1.88. The van der Waals surface area contributed by atoms with E-state index in [9.17, 15) is 17.6 Å². The molecular weight excluding hydrogens is 449 g/mol. The molecule has 0 amide bonds. The molecule has 0 spiro atoms. The number of carbonyl (C=O) groups is 1. The van der Waals surface area contributed by atoms with Gasteiger partial charge in [0.25, 0.3) is 5.89 Å². The Bertz CT molecular complexity index is 1220. The summed E-state index contributed by atoms with van der Waals surface area (Å²) in [5, 5.41) is 8.01. The summed E-state index contributed by atoms with van der Waals surface area (Å²) < 4.78 is 51.1. The van der Waals surface area contributed by atoms with Gasteiger partial charge in [-0.25, -0.2) is 12.8 Å². The maximum atomic E-state index is 13.1. The Morgan fingerprint density at radius 3 is 2.36 bits per heavy atom. The van der Waals surface area contributed by atoms with Gasteiger partial charge >= 0.3 is 5.97 Å². The van der Waals surface area contributed by atoms with E-state index in [0.29, 0.717) is 18.7 Å². The number of nitrogens with zero attached hydrogens (tertiary/aromatic N) is 3. The summed E-state index contributed by atoms with van der Waals surface area (Å²) in [7, 11) is -3.74. The molecule has 1 aliphatic rings. The first kappa shape index (κ1) is 23.1. The number of benzene rings is 2. The fourth-order valence-electron chi connectivity index (χ4n) is 3.62. The van der Waals surface area contributed by atoms with Gasteiger partial charge in [0.15, 0.2) is 6.10 Å². The maximum absolute atomic E-state index is 13.1. The van der Waals surface area contributed by atoms with Gasteiger partial charge in [-0.15, -0.1) is 10.2 Å². The molecule has 0 N–H and O–H groups in total. The molecule has 10 heteroatoms. The molecule has 4 rings (SSSR count). The van der Waals surface area contributed by atoms with Gasteiger partial charge in [0.2, 0.25) is 15.9 Å². The van der Waals surface area contributed by atoms with Gasteiger partial charge in [-0.1, -0.05) is 17.7 Å². The number of hydrogen-bond donors (Lipinski definition) is 0. The summed E-state index contributed by atoms with van der Waals surface area (Å²) in [5.74, 6) is -0.845. The molecule has 1 atom stereocenters. The van der Waals surface area contributed by atoms with Crippen LogP contribution in [0.5, 0.6) is 0 Å². The SMILES string of the molecule is Cc1ccc(-c2nnc(C(C)OC(=O)C3CCN(S(=O)(=O)c4ccc(F)cc4)CC3)o2)cc1. The summed E-state index contributed by atoms with van der Waals surface area (Å²) >= 11 is 0. The molecular formula is C23H24FN3O5S. The quantitative estimate of drug-likeness (QED) is 0.501. The predicted octanol–water partition coefficient (Wildman–Crippen LogP) is 3.89. The van der Waals surface area contributed by atoms with Crippen LogP contribution in [0.1, 0.15) is 37.3 Å². The average Bonchev–Trinajstić information content (AvgIpc) is 3.30. The Morgan fingerprint density at radius 2 is 1.73 bits per heavy atom. The fourth-order valence-corrected chi connectivity index (χ4v) is 5.09. The summed E-state index contributed by atoms with van der Waals surface area (Å²) in [4.78, 5) is 12.7. The number of carbonyl (C=O) groups excluding carboxylic acids is 1. The minimum absolute atomic E-state index is 0.0272. The number of rotatable bonds is 6. The van der Waals surface area contributed by atoms with Crippen molar-refractivity contribution < 1.29 is 26.8 Å². The van der Waals surface area contributed by atoms with Crippen molar-refractivity contribution in [1.82, 2.24) is 14.5 Å². The van der Waals surface area contributed by atoms with Gasteiger partial charge in [-0.2, -0.15) is 4.31 Å². The molecule has 0 radical (unpaired) electrons. The van der Waals surface area contributed by atoms with Crippen LogP contribution in [0.15, 0.2) is 57.8 Å². The molecule has 0 saturated carbocycles. The van der Waals surface area contributed by atoms with Crippen molar-refractivity contribution in [1.29, 1.82) is 0 Å². The molecule has 1 fully saturated rings. The minimum Gasteiger partial charge on any atom is -0.452 e. The Kier molecular flexibility index (Phi) is 6.57. The molecule has 3 aromatic rings. The Labute approximate surface area is 191 Å². The summed E-state index contributed by atoms with van der Waals surface area (Å²) in [6.07, 6.45) is -0.0836. The van der Waals surface area contributed by atoms with Crippen LogP contribution >= 0.6 is 0 Å². The van der Waals surface area contributed by atoms with E-state index in [0.717, 1.165) is 23.3 Å². The average molecular weight is 474 g/mol. The van der Waals surface area contributed by atoms with Crippen molar-refractivity contribution >= 4 is 16.0 Å². The maximum Gasteiger partial charge on any atom is 0.309 e. The molecule has 8 nitrogen and oxygen atoms in total. The lowest BCUT2D eigenvalue weighted by molar-refractivity contribution is -0.156. The van der Waals surface area contributed by atoms with Crippen LogP contribution < -0.4 is 0 Å². The highest BCUT2D eigenvalue weighted by atomic mass is 32.2. The zero-order valence-electron chi connectivity index (χ0n) is 18.3. The fraction of sp³-hybridized carbons (Fsp3) is 0.348. The van der Waals surface area contributed by atoms with Gasteiger partial charge < -0.3 is 9.15 Å². The van der Waals surface area contributed by atoms with E-state index in [-0.39, 0.29) is 23.9 Å². The first-order chi connectivity index (χ1) is 15.7. The highest BCUT2D eigenvalue weighted by molar-refractivity contribution is 7.89. The second-order valence-corrected chi connectivity index (χ2v) is 9.96. The van der Waals surface area contributed by atoms with Crippen molar-refractivity contribution in [3.05, 3.63) is 65.8 Å². The number of hydrogen-bond acceptors (Lipinski definition) is 7. The first-order valence-electron chi connectivity index (χ1n) is 10.6. The molecule has 0 aliphatic carbocycles. The van der Waals surface area contributed by atoms with Gasteiger partial charge in [0, 0.05) is 18.7 Å². The van der Waals surface area contributed by atoms with E-state index in [1.807, 2.05) is 31.2 Å². The van der Waals surface area contributed by atoms with Gasteiger partial charge in [-0.3, -0.25) is 4.79 Å². The van der Waals surface area contributed by atoms with Crippen LogP contribution in [-0.4, -0.2) is 42.0 Å². The highest BCUT2D eigenvalue weighted by Gasteiger charge is 2.34. The molecule has 1 unspecified atom stereocenters. The smallest absolute Gasteiger partial charge is 0.309 e. The van der Waals surface area contributed by atoms with Crippen LogP contribution in [0.2, 0.25) is 0 Å². The summed E-state index contributed by atoms with van der Waals surface area (Å²) in [6, 6.07) is 12.3. The molecule has 1 saturated heterocycles. The van der Waals surface area contributed by atoms with E-state index >= 15 is 0 Å². The van der Waals surface area contributed by atoms with Crippen LogP contribution in [0.25, 0.3) is 11.5 Å². The van der Waals surface area contributed by atoms with Crippen LogP contribution in [0.3, 0.4) is 0 Å². The van der Waals surface area contributed by atoms with Gasteiger partial charge in [0.1, 0.15) is 5.82 Å². The third-order valence-electron chi connectivity index (χ3n) is 5.62. The highest BCUT2D eigenvalue weighted by Crippen LogP contribution is 2.28. The van der Waals surface area contributed by atoms with Crippen molar-refractivity contribution in [2.24, 2.45) is 5.92 Å². The van der Waals surface area contributed by atoms with E-state index < -0.39 is 33.8 Å². The number of esters is 1. The monoisotopic (exact) mass is 473 g/mol. The van der Waals surface area contributed by atoms with E-state index in [2.05, 4.69) is 10.2 Å². The van der Waals surface area contributed by atoms with Crippen molar-refractivity contribution in [3.63, 3.8) is 0 Å². The molecule has 174 valence electrons. The number of ether oxygens (including phenoxy) is 1. The number of aryl methyl sites for hydroxylation is 1. The number of sulfonamides is 1. The van der Waals surface area contributed by atoms with Crippen molar-refractivity contribution in [2.45, 2.75) is 37.7 Å². The van der Waals surface area contributed by atoms with Crippen molar-refractivity contribution in [3.8, 4) is 11.5 Å². The second kappa shape index (κ2) is 9.40. The molecule has 2 heterocycles. The third-order valence-corrected chi connectivity index (χ3v) is 7.53. The lowest BCUT2D eigenvalue weighted by atomic mass is 9.98. The van der Waals surface area contributed by atoms with Gasteiger partial charge in [-0.05, 0) is 63.1 Å². The predicted molar refractivity (Wildman–Crippen MR) is 117 cm³/mol. The third kappa shape index (κ3) is 5.12. The standard InChI is InChI=1S/C23H24FN3O5S/c1-15-3-5-17(6-4-15)22-26-25-21(32-22)16(2)31-23(28)18-11-13-27(14-12-18)33(29,30)20-9-7-19(24)8-10-20/h3-10,16,18H,11-14H2,1-2H3. The Balaban J connectivity index is 1.33. The number of piperidine rings is 1. The topological polar surface area (TPSA) is 103 Å². The first-order valence-corrected chi connectivity index (χ1v) is 12.0. The van der Waals surface area contributed by atoms with Crippen LogP contribution in [0, 0.1) is 18.7 Å². The lowest BCUT2D eigenvalue weighted by Crippen LogP contribution is -2.40. The van der Waals surface area contributed by atoms with Crippen LogP contribution in [0.4, 0.5) is 4.39 Å². The Hall–Kier alpha value is -3.11. The second-order valence-electron chi connectivity index (χ2n) is 8.02. The number of halogens is 1. The molecule has 2 aromatic carbocycles. The van der Waals surface area contributed by atoms with E-state index in [4.69, 9.17) is 9.15 Å². The largest absolute Gasteiger partial charge is 0.452 e. The van der Waals surface area contributed by atoms with Crippen LogP contribution in [-0.2, 0) is 19.6 Å². The zero-order chi connectivity index (χ0) is 23.6.